The molecule has 176 valence electrons. The average Bonchev–Trinajstić information content (AvgIpc) is 2.87. The van der Waals surface area contributed by atoms with Crippen LogP contribution in [0.1, 0.15) is 49.2 Å². The molecule has 1 aliphatic rings. The maximum atomic E-state index is 13.4. The van der Waals surface area contributed by atoms with Gasteiger partial charge in [0.15, 0.2) is 0 Å². The second kappa shape index (κ2) is 10.9. The first-order valence-corrected chi connectivity index (χ1v) is 11.9. The number of hydrogen-bond acceptors (Lipinski definition) is 5. The Hall–Kier alpha value is -3.14. The normalized spacial score (nSPS) is 17.3. The molecule has 0 saturated carbocycles. The first-order chi connectivity index (χ1) is 16.5. The van der Waals surface area contributed by atoms with Crippen LogP contribution < -0.4 is 9.64 Å². The first-order valence-electron chi connectivity index (χ1n) is 11.5. The highest BCUT2D eigenvalue weighted by Crippen LogP contribution is 2.36. The first kappa shape index (κ1) is 24.0. The highest BCUT2D eigenvalue weighted by Gasteiger charge is 2.32. The number of hydrogen-bond donors (Lipinski definition) is 0. The Morgan fingerprint density at radius 3 is 2.65 bits per heavy atom. The number of aromatic nitrogens is 1. The summed E-state index contributed by atoms with van der Waals surface area (Å²) in [5, 5.41) is 10.6. The van der Waals surface area contributed by atoms with E-state index in [0.717, 1.165) is 43.0 Å². The predicted molar refractivity (Wildman–Crippen MR) is 133 cm³/mol. The van der Waals surface area contributed by atoms with Crippen LogP contribution >= 0.6 is 11.6 Å². The molecule has 4 rings (SSSR count). The van der Waals surface area contributed by atoms with Gasteiger partial charge in [-0.1, -0.05) is 30.7 Å². The molecule has 2 atom stereocenters. The van der Waals surface area contributed by atoms with Crippen molar-refractivity contribution in [1.29, 1.82) is 5.26 Å². The summed E-state index contributed by atoms with van der Waals surface area (Å²) in [5.41, 5.74) is 3.43. The van der Waals surface area contributed by atoms with E-state index in [0.29, 0.717) is 22.9 Å². The molecule has 0 bridgehead atoms. The second-order valence-electron chi connectivity index (χ2n) is 8.47. The number of anilines is 1. The standard InChI is InChI=1S/C27H28ClFN4O/c1-3-14-34-24-9-11-26(21(15-24)16-30)33-13-12-32(19(2)25-10-8-23(29)17-31-25)18-27(33)20-4-6-22(28)7-5-20/h4-11,15,17,19,27H,3,12-14,18H2,1-2H3/t19-,27+/m1/s1. The van der Waals surface area contributed by atoms with Crippen molar-refractivity contribution >= 4 is 17.3 Å². The highest BCUT2D eigenvalue weighted by atomic mass is 35.5. The molecule has 2 aromatic carbocycles. The van der Waals surface area contributed by atoms with Gasteiger partial charge in [-0.3, -0.25) is 9.88 Å². The fourth-order valence-electron chi connectivity index (χ4n) is 4.40. The van der Waals surface area contributed by atoms with E-state index in [9.17, 15) is 9.65 Å². The summed E-state index contributed by atoms with van der Waals surface area (Å²) in [4.78, 5) is 8.93. The molecule has 0 unspecified atom stereocenters. The molecule has 2 heterocycles. The molecule has 3 aromatic rings. The van der Waals surface area contributed by atoms with E-state index < -0.39 is 0 Å². The molecule has 0 amide bonds. The number of nitrogens with zero attached hydrogens (tertiary/aromatic N) is 4. The van der Waals surface area contributed by atoms with Crippen LogP contribution in [0.15, 0.2) is 60.8 Å². The molecule has 34 heavy (non-hydrogen) atoms. The Bertz CT molecular complexity index is 1150. The lowest BCUT2D eigenvalue weighted by Gasteiger charge is -2.45. The SMILES string of the molecule is CCCOc1ccc(N2CCN([C@H](C)c3ccc(F)cn3)C[C@H]2c2ccc(Cl)cc2)c(C#N)c1. The fourth-order valence-corrected chi connectivity index (χ4v) is 4.53. The van der Waals surface area contributed by atoms with Gasteiger partial charge in [-0.2, -0.15) is 5.26 Å². The molecular formula is C27H28ClFN4O. The molecule has 0 spiro atoms. The van der Waals surface area contributed by atoms with Gasteiger partial charge in [-0.15, -0.1) is 0 Å². The molecule has 5 nitrogen and oxygen atoms in total. The van der Waals surface area contributed by atoms with E-state index in [4.69, 9.17) is 16.3 Å². The summed E-state index contributed by atoms with van der Waals surface area (Å²) in [6, 6.07) is 19.2. The molecule has 0 aliphatic carbocycles. The fraction of sp³-hybridized carbons (Fsp3) is 0.333. The molecule has 0 N–H and O–H groups in total. The van der Waals surface area contributed by atoms with Crippen LogP contribution in [-0.4, -0.2) is 36.1 Å². The van der Waals surface area contributed by atoms with Gasteiger partial charge in [-0.25, -0.2) is 4.39 Å². The molecule has 1 aliphatic heterocycles. The minimum absolute atomic E-state index is 0.00317. The van der Waals surface area contributed by atoms with Gasteiger partial charge in [0.2, 0.25) is 0 Å². The van der Waals surface area contributed by atoms with Gasteiger partial charge in [-0.05, 0) is 61.4 Å². The Kier molecular flexibility index (Phi) is 7.66. The molecule has 1 saturated heterocycles. The zero-order valence-corrected chi connectivity index (χ0v) is 20.2. The van der Waals surface area contributed by atoms with Crippen LogP contribution in [0.25, 0.3) is 0 Å². The zero-order valence-electron chi connectivity index (χ0n) is 19.4. The van der Waals surface area contributed by atoms with E-state index in [2.05, 4.69) is 34.7 Å². The molecule has 1 fully saturated rings. The lowest BCUT2D eigenvalue weighted by molar-refractivity contribution is 0.168. The van der Waals surface area contributed by atoms with Gasteiger partial charge < -0.3 is 9.64 Å². The number of ether oxygens (including phenoxy) is 1. The van der Waals surface area contributed by atoms with Crippen LogP contribution in [0.2, 0.25) is 5.02 Å². The summed E-state index contributed by atoms with van der Waals surface area (Å²) < 4.78 is 19.1. The van der Waals surface area contributed by atoms with Gasteiger partial charge >= 0.3 is 0 Å². The Morgan fingerprint density at radius 1 is 1.18 bits per heavy atom. The van der Waals surface area contributed by atoms with Crippen molar-refractivity contribution in [3.63, 3.8) is 0 Å². The van der Waals surface area contributed by atoms with Crippen LogP contribution in [0, 0.1) is 17.1 Å². The van der Waals surface area contributed by atoms with Gasteiger partial charge in [0.05, 0.1) is 35.8 Å². The topological polar surface area (TPSA) is 52.4 Å². The lowest BCUT2D eigenvalue weighted by Crippen LogP contribution is -2.49. The van der Waals surface area contributed by atoms with Crippen LogP contribution in [-0.2, 0) is 0 Å². The third-order valence-corrected chi connectivity index (χ3v) is 6.52. The van der Waals surface area contributed by atoms with Crippen molar-refractivity contribution in [2.24, 2.45) is 0 Å². The summed E-state index contributed by atoms with van der Waals surface area (Å²) in [6.07, 6.45) is 2.17. The van der Waals surface area contributed by atoms with E-state index in [1.807, 2.05) is 42.5 Å². The van der Waals surface area contributed by atoms with Gasteiger partial charge in [0.1, 0.15) is 17.6 Å². The third kappa shape index (κ3) is 5.32. The maximum absolute atomic E-state index is 13.4. The number of piperazine rings is 1. The van der Waals surface area contributed by atoms with E-state index in [1.54, 1.807) is 6.07 Å². The zero-order chi connectivity index (χ0) is 24.1. The summed E-state index contributed by atoms with van der Waals surface area (Å²) >= 11 is 6.16. The Balaban J connectivity index is 1.65. The van der Waals surface area contributed by atoms with Crippen molar-refractivity contribution in [3.05, 3.63) is 88.5 Å². The third-order valence-electron chi connectivity index (χ3n) is 6.26. The highest BCUT2D eigenvalue weighted by molar-refractivity contribution is 6.30. The maximum Gasteiger partial charge on any atom is 0.141 e. The quantitative estimate of drug-likeness (QED) is 0.407. The Morgan fingerprint density at radius 2 is 1.97 bits per heavy atom. The minimum atomic E-state index is -0.338. The molecule has 1 aromatic heterocycles. The molecule has 0 radical (unpaired) electrons. The van der Waals surface area contributed by atoms with Crippen molar-refractivity contribution < 1.29 is 9.13 Å². The number of rotatable bonds is 7. The minimum Gasteiger partial charge on any atom is -0.494 e. The van der Waals surface area contributed by atoms with Gasteiger partial charge in [0.25, 0.3) is 0 Å². The van der Waals surface area contributed by atoms with Crippen LogP contribution in [0.4, 0.5) is 10.1 Å². The lowest BCUT2D eigenvalue weighted by atomic mass is 9.98. The smallest absolute Gasteiger partial charge is 0.141 e. The summed E-state index contributed by atoms with van der Waals surface area (Å²) in [6.45, 7) is 6.99. The van der Waals surface area contributed by atoms with Crippen LogP contribution in [0.5, 0.6) is 5.75 Å². The van der Waals surface area contributed by atoms with E-state index in [-0.39, 0.29) is 17.9 Å². The molecule has 7 heteroatoms. The largest absolute Gasteiger partial charge is 0.494 e. The van der Waals surface area contributed by atoms with Gasteiger partial charge in [0, 0.05) is 30.7 Å². The summed E-state index contributed by atoms with van der Waals surface area (Å²) in [7, 11) is 0. The molecular weight excluding hydrogens is 451 g/mol. The number of pyridine rings is 1. The van der Waals surface area contributed by atoms with Crippen molar-refractivity contribution in [3.8, 4) is 11.8 Å². The monoisotopic (exact) mass is 478 g/mol. The second-order valence-corrected chi connectivity index (χ2v) is 8.91. The Labute approximate surface area is 205 Å². The van der Waals surface area contributed by atoms with Crippen molar-refractivity contribution in [1.82, 2.24) is 9.88 Å². The van der Waals surface area contributed by atoms with E-state index >= 15 is 0 Å². The van der Waals surface area contributed by atoms with E-state index in [1.165, 1.54) is 12.3 Å². The number of benzene rings is 2. The number of halogens is 2. The van der Waals surface area contributed by atoms with Crippen molar-refractivity contribution in [2.75, 3.05) is 31.1 Å². The number of nitriles is 1. The predicted octanol–water partition coefficient (Wildman–Crippen LogP) is 6.16. The van der Waals surface area contributed by atoms with Crippen molar-refractivity contribution in [2.45, 2.75) is 32.4 Å². The summed E-state index contributed by atoms with van der Waals surface area (Å²) in [5.74, 6) is 0.370. The van der Waals surface area contributed by atoms with Crippen LogP contribution in [0.3, 0.4) is 0 Å². The average molecular weight is 479 g/mol.